The van der Waals surface area contributed by atoms with Crippen molar-refractivity contribution in [1.82, 2.24) is 9.97 Å². The molecule has 0 saturated carbocycles. The first-order valence-corrected chi connectivity index (χ1v) is 13.8. The summed E-state index contributed by atoms with van der Waals surface area (Å²) in [4.78, 5) is 15.4. The number of aliphatic imine (C=N–C) groups is 1. The third kappa shape index (κ3) is 3.62. The van der Waals surface area contributed by atoms with Gasteiger partial charge in [0.05, 0.1) is 5.69 Å². The van der Waals surface area contributed by atoms with Gasteiger partial charge in [-0.25, -0.2) is 4.99 Å². The molecule has 1 N–H and O–H groups in total. The van der Waals surface area contributed by atoms with Gasteiger partial charge in [0.2, 0.25) is 5.90 Å². The van der Waals surface area contributed by atoms with Crippen LogP contribution in [0.5, 0.6) is 0 Å². The summed E-state index contributed by atoms with van der Waals surface area (Å²) in [6.07, 6.45) is 7.96. The van der Waals surface area contributed by atoms with Crippen LogP contribution in [0.25, 0.3) is 33.0 Å². The molecule has 38 heavy (non-hydrogen) atoms. The second-order valence-corrected chi connectivity index (χ2v) is 10.3. The maximum atomic E-state index is 6.71. The number of para-hydroxylation sites is 1. The van der Waals surface area contributed by atoms with E-state index in [0.717, 1.165) is 52.2 Å². The Hall–Kier alpha value is -4.06. The van der Waals surface area contributed by atoms with E-state index in [1.165, 1.54) is 42.3 Å². The number of hydrogen-bond acceptors (Lipinski definition) is 5. The van der Waals surface area contributed by atoms with Crippen LogP contribution in [0.4, 0.5) is 5.69 Å². The molecule has 192 valence electrons. The SMILES string of the molecule is CCCCN(CCCC)c1ccc2c3c(oc2c1)C1OC(c2ccncc2)=NC1c1[nH]c2ccccc2c1-3. The van der Waals surface area contributed by atoms with Crippen molar-refractivity contribution in [3.05, 3.63) is 84.0 Å². The van der Waals surface area contributed by atoms with Crippen molar-refractivity contribution in [2.24, 2.45) is 4.99 Å². The zero-order valence-corrected chi connectivity index (χ0v) is 21.9. The van der Waals surface area contributed by atoms with Gasteiger partial charge in [-0.2, -0.15) is 0 Å². The highest BCUT2D eigenvalue weighted by molar-refractivity contribution is 6.09. The van der Waals surface area contributed by atoms with Crippen molar-refractivity contribution in [2.45, 2.75) is 51.7 Å². The van der Waals surface area contributed by atoms with Crippen molar-refractivity contribution in [3.63, 3.8) is 0 Å². The number of hydrogen-bond donors (Lipinski definition) is 1. The lowest BCUT2D eigenvalue weighted by Gasteiger charge is -2.24. The molecule has 2 atom stereocenters. The van der Waals surface area contributed by atoms with E-state index in [1.54, 1.807) is 12.4 Å². The molecule has 1 aliphatic heterocycles. The summed E-state index contributed by atoms with van der Waals surface area (Å²) in [6.45, 7) is 6.62. The number of furan rings is 1. The largest absolute Gasteiger partial charge is 0.463 e. The number of aromatic nitrogens is 2. The maximum Gasteiger partial charge on any atom is 0.217 e. The molecule has 2 unspecified atom stereocenters. The second kappa shape index (κ2) is 9.35. The molecule has 6 heteroatoms. The fraction of sp³-hybridized carbons (Fsp3) is 0.312. The lowest BCUT2D eigenvalue weighted by atomic mass is 9.87. The fourth-order valence-electron chi connectivity index (χ4n) is 5.94. The van der Waals surface area contributed by atoms with Gasteiger partial charge in [0.1, 0.15) is 11.6 Å². The Morgan fingerprint density at radius 3 is 2.47 bits per heavy atom. The minimum atomic E-state index is -0.319. The number of fused-ring (bicyclic) bond motifs is 10. The van der Waals surface area contributed by atoms with Crippen molar-refractivity contribution in [2.75, 3.05) is 18.0 Å². The van der Waals surface area contributed by atoms with Crippen LogP contribution in [-0.2, 0) is 4.74 Å². The lowest BCUT2D eigenvalue weighted by Crippen LogP contribution is -2.25. The van der Waals surface area contributed by atoms with E-state index in [9.17, 15) is 0 Å². The fourth-order valence-corrected chi connectivity index (χ4v) is 5.94. The van der Waals surface area contributed by atoms with Crippen LogP contribution < -0.4 is 4.90 Å². The summed E-state index contributed by atoms with van der Waals surface area (Å²) in [5, 5.41) is 2.31. The summed E-state index contributed by atoms with van der Waals surface area (Å²) in [7, 11) is 0. The van der Waals surface area contributed by atoms with E-state index in [2.05, 4.69) is 71.2 Å². The molecule has 5 aromatic rings. The third-order valence-corrected chi connectivity index (χ3v) is 7.88. The summed E-state index contributed by atoms with van der Waals surface area (Å²) in [6, 6.07) is 18.9. The van der Waals surface area contributed by atoms with E-state index in [1.807, 2.05) is 12.1 Å². The Labute approximate surface area is 222 Å². The lowest BCUT2D eigenvalue weighted by molar-refractivity contribution is 0.167. The van der Waals surface area contributed by atoms with Crippen molar-refractivity contribution < 1.29 is 9.15 Å². The molecule has 0 bridgehead atoms. The topological polar surface area (TPSA) is 66.7 Å². The van der Waals surface area contributed by atoms with Gasteiger partial charge in [-0.3, -0.25) is 4.98 Å². The van der Waals surface area contributed by atoms with Crippen LogP contribution in [0.3, 0.4) is 0 Å². The molecule has 0 radical (unpaired) electrons. The van der Waals surface area contributed by atoms with Crippen LogP contribution in [-0.4, -0.2) is 29.0 Å². The monoisotopic (exact) mass is 504 g/mol. The summed E-state index contributed by atoms with van der Waals surface area (Å²) in [5.74, 6) is 1.49. The average Bonchev–Trinajstić information content (AvgIpc) is 3.66. The van der Waals surface area contributed by atoms with Crippen LogP contribution in [0.2, 0.25) is 0 Å². The Balaban J connectivity index is 1.39. The van der Waals surface area contributed by atoms with Crippen molar-refractivity contribution in [1.29, 1.82) is 0 Å². The highest BCUT2D eigenvalue weighted by Crippen LogP contribution is 2.56. The molecule has 2 aliphatic rings. The number of nitrogens with zero attached hydrogens (tertiary/aromatic N) is 3. The van der Waals surface area contributed by atoms with E-state index in [-0.39, 0.29) is 12.1 Å². The van der Waals surface area contributed by atoms with Gasteiger partial charge in [-0.05, 0) is 43.2 Å². The first-order chi connectivity index (χ1) is 18.8. The number of anilines is 1. The highest BCUT2D eigenvalue weighted by Gasteiger charge is 2.45. The van der Waals surface area contributed by atoms with Gasteiger partial charge >= 0.3 is 0 Å². The standard InChI is InChI=1S/C32H32N4O2/c1-3-5-17-36(18-6-4-2)21-11-12-23-25(19-21)37-30-27(23)26-22-9-7-8-10-24(22)34-28(26)29-31(30)38-32(35-29)20-13-15-33-16-14-20/h7-16,19,29,31,34H,3-6,17-18H2,1-2H3. The normalized spacial score (nSPS) is 17.7. The Kier molecular flexibility index (Phi) is 5.68. The van der Waals surface area contributed by atoms with Crippen LogP contribution in [0.15, 0.2) is 76.4 Å². The molecule has 3 aromatic heterocycles. The van der Waals surface area contributed by atoms with Crippen LogP contribution in [0, 0.1) is 0 Å². The molecular weight excluding hydrogens is 472 g/mol. The van der Waals surface area contributed by atoms with Crippen molar-refractivity contribution in [3.8, 4) is 11.1 Å². The zero-order valence-electron chi connectivity index (χ0n) is 21.9. The van der Waals surface area contributed by atoms with Gasteiger partial charge in [-0.15, -0.1) is 0 Å². The number of benzene rings is 2. The zero-order chi connectivity index (χ0) is 25.6. The minimum absolute atomic E-state index is 0.196. The Morgan fingerprint density at radius 1 is 0.895 bits per heavy atom. The maximum absolute atomic E-state index is 6.71. The van der Waals surface area contributed by atoms with Gasteiger partial charge < -0.3 is 19.0 Å². The number of aromatic amines is 1. The molecule has 4 heterocycles. The van der Waals surface area contributed by atoms with Gasteiger partial charge in [0.15, 0.2) is 11.9 Å². The molecule has 1 aliphatic carbocycles. The summed E-state index contributed by atoms with van der Waals surface area (Å²) >= 11 is 0. The third-order valence-electron chi connectivity index (χ3n) is 7.88. The molecule has 0 fully saturated rings. The number of rotatable bonds is 8. The average molecular weight is 505 g/mol. The smallest absolute Gasteiger partial charge is 0.217 e. The van der Waals surface area contributed by atoms with E-state index >= 15 is 0 Å². The molecule has 0 amide bonds. The minimum Gasteiger partial charge on any atom is -0.463 e. The quantitative estimate of drug-likeness (QED) is 0.233. The highest BCUT2D eigenvalue weighted by atomic mass is 16.5. The van der Waals surface area contributed by atoms with Gasteiger partial charge in [-0.1, -0.05) is 44.9 Å². The van der Waals surface area contributed by atoms with Gasteiger partial charge in [0, 0.05) is 70.2 Å². The number of unbranched alkanes of at least 4 members (excludes halogenated alkanes) is 2. The number of ether oxygens (including phenoxy) is 1. The first kappa shape index (κ1) is 23.1. The molecule has 7 rings (SSSR count). The Bertz CT molecular complexity index is 1640. The molecule has 0 spiro atoms. The summed E-state index contributed by atoms with van der Waals surface area (Å²) < 4.78 is 13.3. The number of nitrogens with one attached hydrogen (secondary N) is 1. The second-order valence-electron chi connectivity index (χ2n) is 10.3. The Morgan fingerprint density at radius 2 is 1.68 bits per heavy atom. The van der Waals surface area contributed by atoms with Crippen LogP contribution >= 0.6 is 0 Å². The van der Waals surface area contributed by atoms with E-state index in [0.29, 0.717) is 5.90 Å². The summed E-state index contributed by atoms with van der Waals surface area (Å²) in [5.41, 5.74) is 7.56. The van der Waals surface area contributed by atoms with Crippen molar-refractivity contribution >= 4 is 33.5 Å². The van der Waals surface area contributed by atoms with Crippen LogP contribution in [0.1, 0.15) is 68.7 Å². The first-order valence-electron chi connectivity index (χ1n) is 13.8. The predicted molar refractivity (Wildman–Crippen MR) is 153 cm³/mol. The molecule has 6 nitrogen and oxygen atoms in total. The van der Waals surface area contributed by atoms with Gasteiger partial charge in [0.25, 0.3) is 0 Å². The predicted octanol–water partition coefficient (Wildman–Crippen LogP) is 7.96. The number of pyridine rings is 1. The van der Waals surface area contributed by atoms with E-state index in [4.69, 9.17) is 14.1 Å². The number of H-pyrrole nitrogens is 1. The molecular formula is C32H32N4O2. The molecule has 2 aromatic carbocycles. The van der Waals surface area contributed by atoms with E-state index < -0.39 is 0 Å². The molecule has 0 saturated heterocycles.